The highest BCUT2D eigenvalue weighted by Crippen LogP contribution is 2.38. The Bertz CT molecular complexity index is 1140. The zero-order valence-electron chi connectivity index (χ0n) is 24.2. The molecule has 2 aliphatic carbocycles. The zero-order chi connectivity index (χ0) is 27.8. The van der Waals surface area contributed by atoms with Crippen molar-refractivity contribution in [1.29, 1.82) is 0 Å². The predicted molar refractivity (Wildman–Crippen MR) is 158 cm³/mol. The number of carbonyl (C=O) groups excluding carboxylic acids is 2. The van der Waals surface area contributed by atoms with E-state index in [1.54, 1.807) is 13.2 Å². The lowest BCUT2D eigenvalue weighted by Gasteiger charge is -2.35. The largest absolute Gasteiger partial charge is 0.496 e. The number of amides is 1. The Morgan fingerprint density at radius 3 is 2.38 bits per heavy atom. The number of methoxy groups -OCH3 is 1. The van der Waals surface area contributed by atoms with Gasteiger partial charge in [-0.1, -0.05) is 43.5 Å². The van der Waals surface area contributed by atoms with Crippen molar-refractivity contribution in [1.82, 2.24) is 0 Å². The molecule has 2 saturated carbocycles. The lowest BCUT2D eigenvalue weighted by molar-refractivity contribution is -0.141. The van der Waals surface area contributed by atoms with E-state index in [0.717, 1.165) is 74.9 Å². The number of carbonyl (C=O) groups is 2. The Hall–Kier alpha value is -3.08. The fourth-order valence-corrected chi connectivity index (χ4v) is 6.22. The van der Waals surface area contributed by atoms with Gasteiger partial charge in [0.05, 0.1) is 13.2 Å². The molecule has 0 aliphatic heterocycles. The third-order valence-electron chi connectivity index (χ3n) is 8.34. The second-order valence-electron chi connectivity index (χ2n) is 11.6. The molecule has 0 heterocycles. The summed E-state index contributed by atoms with van der Waals surface area (Å²) in [5.74, 6) is 2.01. The van der Waals surface area contributed by atoms with Crippen LogP contribution in [-0.2, 0) is 14.3 Å². The maximum Gasteiger partial charge on any atom is 0.331 e. The molecule has 1 amide bonds. The normalized spacial score (nSPS) is 20.2. The Balaban J connectivity index is 1.47. The molecule has 0 N–H and O–H groups in total. The van der Waals surface area contributed by atoms with Crippen LogP contribution in [0.4, 0.5) is 5.69 Å². The van der Waals surface area contributed by atoms with E-state index in [1.807, 2.05) is 38.1 Å². The van der Waals surface area contributed by atoms with Crippen molar-refractivity contribution in [2.75, 3.05) is 18.6 Å². The third kappa shape index (κ3) is 7.97. The van der Waals surface area contributed by atoms with Crippen LogP contribution in [0.15, 0.2) is 48.5 Å². The predicted octanol–water partition coefficient (Wildman–Crippen LogP) is 7.86. The van der Waals surface area contributed by atoms with Crippen molar-refractivity contribution in [3.63, 3.8) is 0 Å². The average Bonchev–Trinajstić information content (AvgIpc) is 2.95. The molecule has 0 unspecified atom stereocenters. The maximum atomic E-state index is 13.9. The molecule has 0 spiro atoms. The molecular weight excluding hydrogens is 486 g/mol. The number of ether oxygens (including phenoxy) is 2. The molecular formula is C34H45NO4. The van der Waals surface area contributed by atoms with Crippen LogP contribution in [0.5, 0.6) is 5.75 Å². The van der Waals surface area contributed by atoms with Gasteiger partial charge in [0.25, 0.3) is 0 Å². The van der Waals surface area contributed by atoms with E-state index >= 15 is 0 Å². The molecule has 0 atom stereocenters. The number of benzene rings is 2. The Kier molecular flexibility index (Phi) is 10.2. The quantitative estimate of drug-likeness (QED) is 0.244. The van der Waals surface area contributed by atoms with Gasteiger partial charge in [0.1, 0.15) is 5.75 Å². The summed E-state index contributed by atoms with van der Waals surface area (Å²) in [6.07, 6.45) is 13.1. The van der Waals surface area contributed by atoms with E-state index in [-0.39, 0.29) is 23.9 Å². The smallest absolute Gasteiger partial charge is 0.331 e. The molecule has 39 heavy (non-hydrogen) atoms. The monoisotopic (exact) mass is 531 g/mol. The van der Waals surface area contributed by atoms with Crippen LogP contribution in [0, 0.1) is 18.8 Å². The lowest BCUT2D eigenvalue weighted by atomic mass is 9.78. The van der Waals surface area contributed by atoms with E-state index in [4.69, 9.17) is 9.47 Å². The lowest BCUT2D eigenvalue weighted by Crippen LogP contribution is -2.41. The SMILES string of the molecule is COc1ccc([C@H]2CC[C@H](CN(C(=O)C3CCCCC3)c3cccc(/C=C/C(=O)OC(C)C)c3)CC2)cc1C. The molecule has 5 nitrogen and oxygen atoms in total. The maximum absolute atomic E-state index is 13.9. The van der Waals surface area contributed by atoms with E-state index in [2.05, 4.69) is 30.0 Å². The second-order valence-corrected chi connectivity index (χ2v) is 11.6. The van der Waals surface area contributed by atoms with Gasteiger partial charge in [-0.15, -0.1) is 0 Å². The summed E-state index contributed by atoms with van der Waals surface area (Å²) in [5, 5.41) is 0. The Labute approximate surface area is 234 Å². The first kappa shape index (κ1) is 28.9. The highest BCUT2D eigenvalue weighted by molar-refractivity contribution is 5.95. The van der Waals surface area contributed by atoms with Gasteiger partial charge in [0, 0.05) is 24.2 Å². The van der Waals surface area contributed by atoms with E-state index in [1.165, 1.54) is 23.6 Å². The van der Waals surface area contributed by atoms with Gasteiger partial charge in [-0.25, -0.2) is 4.79 Å². The van der Waals surface area contributed by atoms with Gasteiger partial charge in [-0.3, -0.25) is 4.79 Å². The Morgan fingerprint density at radius 1 is 0.974 bits per heavy atom. The number of nitrogens with zero attached hydrogens (tertiary/aromatic N) is 1. The molecule has 0 bridgehead atoms. The van der Waals surface area contributed by atoms with E-state index < -0.39 is 0 Å². The number of anilines is 1. The van der Waals surface area contributed by atoms with Crippen molar-refractivity contribution in [2.24, 2.45) is 11.8 Å². The standard InChI is InChI=1S/C34H45NO4/c1-24(2)39-33(36)20-15-26-9-8-12-31(22-26)35(34(37)29-10-6-5-7-11-29)23-27-13-16-28(17-14-27)30-18-19-32(38-4)25(3)21-30/h8-9,12,15,18-22,24,27-29H,5-7,10-11,13-14,16-17,23H2,1-4H3/b20-15+/t27-,28-. The van der Waals surface area contributed by atoms with Crippen molar-refractivity contribution >= 4 is 23.6 Å². The van der Waals surface area contributed by atoms with Crippen LogP contribution in [0.25, 0.3) is 6.08 Å². The van der Waals surface area contributed by atoms with Crippen LogP contribution >= 0.6 is 0 Å². The number of rotatable bonds is 9. The van der Waals surface area contributed by atoms with Gasteiger partial charge >= 0.3 is 5.97 Å². The molecule has 2 aromatic carbocycles. The fourth-order valence-electron chi connectivity index (χ4n) is 6.22. The highest BCUT2D eigenvalue weighted by Gasteiger charge is 2.31. The van der Waals surface area contributed by atoms with Gasteiger partial charge in [-0.2, -0.15) is 0 Å². The molecule has 2 aromatic rings. The van der Waals surface area contributed by atoms with Gasteiger partial charge in [-0.05, 0) is 112 Å². The highest BCUT2D eigenvalue weighted by atomic mass is 16.5. The minimum absolute atomic E-state index is 0.109. The van der Waals surface area contributed by atoms with Crippen LogP contribution < -0.4 is 9.64 Å². The average molecular weight is 532 g/mol. The minimum atomic E-state index is -0.352. The molecule has 5 heteroatoms. The number of hydrogen-bond donors (Lipinski definition) is 0. The van der Waals surface area contributed by atoms with Crippen LogP contribution in [0.3, 0.4) is 0 Å². The van der Waals surface area contributed by atoms with Gasteiger partial charge < -0.3 is 14.4 Å². The van der Waals surface area contributed by atoms with Crippen LogP contribution in [0.1, 0.15) is 94.2 Å². The summed E-state index contributed by atoms with van der Waals surface area (Å²) in [6, 6.07) is 14.6. The first-order valence-electron chi connectivity index (χ1n) is 14.8. The minimum Gasteiger partial charge on any atom is -0.496 e. The molecule has 4 rings (SSSR count). The van der Waals surface area contributed by atoms with Crippen molar-refractivity contribution in [3.8, 4) is 5.75 Å². The molecule has 2 aliphatic rings. The number of hydrogen-bond acceptors (Lipinski definition) is 4. The summed E-state index contributed by atoms with van der Waals surface area (Å²) < 4.78 is 10.7. The number of aryl methyl sites for hydroxylation is 1. The third-order valence-corrected chi connectivity index (χ3v) is 8.34. The first-order valence-corrected chi connectivity index (χ1v) is 14.8. The van der Waals surface area contributed by atoms with Crippen LogP contribution in [0.2, 0.25) is 0 Å². The van der Waals surface area contributed by atoms with Crippen molar-refractivity contribution in [2.45, 2.75) is 90.6 Å². The summed E-state index contributed by atoms with van der Waals surface area (Å²) in [6.45, 7) is 6.55. The van der Waals surface area contributed by atoms with Crippen molar-refractivity contribution < 1.29 is 19.1 Å². The molecule has 0 aromatic heterocycles. The Morgan fingerprint density at radius 2 is 1.72 bits per heavy atom. The molecule has 210 valence electrons. The molecule has 0 radical (unpaired) electrons. The van der Waals surface area contributed by atoms with Crippen LogP contribution in [-0.4, -0.2) is 31.6 Å². The summed E-state index contributed by atoms with van der Waals surface area (Å²) >= 11 is 0. The second kappa shape index (κ2) is 13.8. The summed E-state index contributed by atoms with van der Waals surface area (Å²) in [7, 11) is 1.72. The summed E-state index contributed by atoms with van der Waals surface area (Å²) in [4.78, 5) is 28.0. The zero-order valence-corrected chi connectivity index (χ0v) is 24.2. The van der Waals surface area contributed by atoms with Crippen molar-refractivity contribution in [3.05, 3.63) is 65.2 Å². The van der Waals surface area contributed by atoms with E-state index in [0.29, 0.717) is 11.8 Å². The fraction of sp³-hybridized carbons (Fsp3) is 0.529. The topological polar surface area (TPSA) is 55.8 Å². The number of esters is 1. The summed E-state index contributed by atoms with van der Waals surface area (Å²) in [5.41, 5.74) is 4.41. The molecule has 0 saturated heterocycles. The van der Waals surface area contributed by atoms with Gasteiger partial charge in [0.2, 0.25) is 5.91 Å². The first-order chi connectivity index (χ1) is 18.8. The molecule has 2 fully saturated rings. The van der Waals surface area contributed by atoms with E-state index in [9.17, 15) is 9.59 Å². The van der Waals surface area contributed by atoms with Gasteiger partial charge in [0.15, 0.2) is 0 Å².